The molecule has 0 N–H and O–H groups in total. The van der Waals surface area contributed by atoms with Crippen molar-refractivity contribution in [1.29, 1.82) is 0 Å². The molecular formula is C17H31BrN2. The summed E-state index contributed by atoms with van der Waals surface area (Å²) in [7, 11) is 0. The van der Waals surface area contributed by atoms with Gasteiger partial charge in [0.25, 0.3) is 0 Å². The average Bonchev–Trinajstić information content (AvgIpc) is 2.67. The minimum atomic E-state index is 0. The third-order valence-corrected chi connectivity index (χ3v) is 5.36. The van der Waals surface area contributed by atoms with Crippen LogP contribution in [-0.4, -0.2) is 28.6 Å². The minimum absolute atomic E-state index is 0. The molecule has 2 fully saturated rings. The minimum Gasteiger partial charge on any atom is -0.356 e. The standard InChI is InChI=1S/C17H30N2.BrH/c1-2-6-10-16(9-5-1)18-13-14-19(15-18)17-11-7-3-4-8-12-17;/h13-14,16-17H,1-12,15H2;1H. The van der Waals surface area contributed by atoms with Crippen LogP contribution in [0.4, 0.5) is 0 Å². The van der Waals surface area contributed by atoms with E-state index >= 15 is 0 Å². The molecule has 1 heterocycles. The summed E-state index contributed by atoms with van der Waals surface area (Å²) in [6.45, 7) is 1.18. The van der Waals surface area contributed by atoms with Gasteiger partial charge in [0.1, 0.15) is 0 Å². The Morgan fingerprint density at radius 3 is 1.25 bits per heavy atom. The highest BCUT2D eigenvalue weighted by molar-refractivity contribution is 8.93. The lowest BCUT2D eigenvalue weighted by Crippen LogP contribution is -2.38. The third kappa shape index (κ3) is 4.16. The van der Waals surface area contributed by atoms with Gasteiger partial charge in [-0.2, -0.15) is 0 Å². The second-order valence-electron chi connectivity index (χ2n) is 6.76. The van der Waals surface area contributed by atoms with E-state index in [2.05, 4.69) is 22.2 Å². The van der Waals surface area contributed by atoms with E-state index in [1.807, 2.05) is 0 Å². The monoisotopic (exact) mass is 342 g/mol. The highest BCUT2D eigenvalue weighted by Crippen LogP contribution is 2.28. The molecule has 0 amide bonds. The highest BCUT2D eigenvalue weighted by Gasteiger charge is 2.26. The van der Waals surface area contributed by atoms with E-state index in [0.717, 1.165) is 12.1 Å². The van der Waals surface area contributed by atoms with Crippen LogP contribution in [0.25, 0.3) is 0 Å². The molecule has 0 radical (unpaired) electrons. The van der Waals surface area contributed by atoms with Crippen LogP contribution in [0.2, 0.25) is 0 Å². The molecule has 1 aliphatic heterocycles. The quantitative estimate of drug-likeness (QED) is 0.647. The molecule has 0 saturated heterocycles. The fourth-order valence-corrected chi connectivity index (χ4v) is 4.11. The molecule has 0 aromatic heterocycles. The maximum Gasteiger partial charge on any atom is 0.0899 e. The molecule has 0 spiro atoms. The molecule has 3 aliphatic rings. The second-order valence-corrected chi connectivity index (χ2v) is 6.76. The van der Waals surface area contributed by atoms with Crippen molar-refractivity contribution in [1.82, 2.24) is 9.80 Å². The van der Waals surface area contributed by atoms with E-state index in [9.17, 15) is 0 Å². The Labute approximate surface area is 135 Å². The Bertz CT molecular complexity index is 261. The SMILES string of the molecule is Br.C1=CN(C2CCCCCC2)CN1C1CCCCCC1. The van der Waals surface area contributed by atoms with Crippen LogP contribution >= 0.6 is 17.0 Å². The van der Waals surface area contributed by atoms with Crippen molar-refractivity contribution in [3.05, 3.63) is 12.4 Å². The summed E-state index contributed by atoms with van der Waals surface area (Å²) in [5, 5.41) is 0. The molecular weight excluding hydrogens is 312 g/mol. The summed E-state index contributed by atoms with van der Waals surface area (Å²) in [4.78, 5) is 5.27. The molecule has 2 saturated carbocycles. The van der Waals surface area contributed by atoms with E-state index in [-0.39, 0.29) is 17.0 Å². The molecule has 0 unspecified atom stereocenters. The van der Waals surface area contributed by atoms with E-state index < -0.39 is 0 Å². The summed E-state index contributed by atoms with van der Waals surface area (Å²) in [6.07, 6.45) is 22.1. The molecule has 0 atom stereocenters. The van der Waals surface area contributed by atoms with Crippen LogP contribution in [0.3, 0.4) is 0 Å². The third-order valence-electron chi connectivity index (χ3n) is 5.36. The first-order valence-electron chi connectivity index (χ1n) is 8.63. The first-order chi connectivity index (χ1) is 9.43. The van der Waals surface area contributed by atoms with Crippen molar-refractivity contribution in [3.8, 4) is 0 Å². The smallest absolute Gasteiger partial charge is 0.0899 e. The lowest BCUT2D eigenvalue weighted by Gasteiger charge is -2.32. The summed E-state index contributed by atoms with van der Waals surface area (Å²) in [5.41, 5.74) is 0. The Morgan fingerprint density at radius 1 is 0.550 bits per heavy atom. The van der Waals surface area contributed by atoms with Gasteiger partial charge in [-0.05, 0) is 25.7 Å². The molecule has 116 valence electrons. The highest BCUT2D eigenvalue weighted by atomic mass is 79.9. The van der Waals surface area contributed by atoms with E-state index in [0.29, 0.717) is 0 Å². The fraction of sp³-hybridized carbons (Fsp3) is 0.882. The lowest BCUT2D eigenvalue weighted by molar-refractivity contribution is 0.157. The number of hydrogen-bond donors (Lipinski definition) is 0. The van der Waals surface area contributed by atoms with Crippen molar-refractivity contribution in [2.24, 2.45) is 0 Å². The van der Waals surface area contributed by atoms with E-state index in [1.54, 1.807) is 0 Å². The number of nitrogens with zero attached hydrogens (tertiary/aromatic N) is 2. The van der Waals surface area contributed by atoms with Gasteiger partial charge >= 0.3 is 0 Å². The zero-order chi connectivity index (χ0) is 12.9. The van der Waals surface area contributed by atoms with Crippen molar-refractivity contribution >= 4 is 17.0 Å². The number of halogens is 1. The van der Waals surface area contributed by atoms with Gasteiger partial charge in [0, 0.05) is 24.5 Å². The number of rotatable bonds is 2. The lowest BCUT2D eigenvalue weighted by atomic mass is 10.1. The van der Waals surface area contributed by atoms with Crippen LogP contribution < -0.4 is 0 Å². The molecule has 20 heavy (non-hydrogen) atoms. The van der Waals surface area contributed by atoms with Gasteiger partial charge in [0.05, 0.1) is 6.67 Å². The summed E-state index contributed by atoms with van der Waals surface area (Å²) >= 11 is 0. The average molecular weight is 343 g/mol. The Kier molecular flexibility index (Phi) is 6.73. The Hall–Kier alpha value is -0.180. The van der Waals surface area contributed by atoms with Crippen molar-refractivity contribution in [3.63, 3.8) is 0 Å². The summed E-state index contributed by atoms with van der Waals surface area (Å²) in [5.74, 6) is 0. The van der Waals surface area contributed by atoms with Crippen molar-refractivity contribution < 1.29 is 0 Å². The fourth-order valence-electron chi connectivity index (χ4n) is 4.11. The summed E-state index contributed by atoms with van der Waals surface area (Å²) < 4.78 is 0. The van der Waals surface area contributed by atoms with Gasteiger partial charge in [-0.1, -0.05) is 51.4 Å². The number of hydrogen-bond acceptors (Lipinski definition) is 2. The van der Waals surface area contributed by atoms with Gasteiger partial charge in [-0.25, -0.2) is 0 Å². The maximum absolute atomic E-state index is 2.64. The topological polar surface area (TPSA) is 6.48 Å². The molecule has 3 heteroatoms. The molecule has 0 bridgehead atoms. The maximum atomic E-state index is 2.64. The predicted molar refractivity (Wildman–Crippen MR) is 91.0 cm³/mol. The molecule has 3 rings (SSSR count). The molecule has 2 aliphatic carbocycles. The van der Waals surface area contributed by atoms with Gasteiger partial charge in [-0.15, -0.1) is 17.0 Å². The largest absolute Gasteiger partial charge is 0.356 e. The first kappa shape index (κ1) is 16.2. The normalized spacial score (nSPS) is 26.2. The van der Waals surface area contributed by atoms with Gasteiger partial charge in [0.15, 0.2) is 0 Å². The Balaban J connectivity index is 0.00000147. The van der Waals surface area contributed by atoms with Gasteiger partial charge in [-0.3, -0.25) is 0 Å². The summed E-state index contributed by atoms with van der Waals surface area (Å²) in [6, 6.07) is 1.66. The van der Waals surface area contributed by atoms with Crippen LogP contribution in [0.15, 0.2) is 12.4 Å². The van der Waals surface area contributed by atoms with Gasteiger partial charge in [0.2, 0.25) is 0 Å². The van der Waals surface area contributed by atoms with Crippen LogP contribution in [0.1, 0.15) is 77.0 Å². The van der Waals surface area contributed by atoms with Gasteiger partial charge < -0.3 is 9.80 Å². The van der Waals surface area contributed by atoms with E-state index in [1.165, 1.54) is 83.7 Å². The van der Waals surface area contributed by atoms with Crippen LogP contribution in [-0.2, 0) is 0 Å². The zero-order valence-electron chi connectivity index (χ0n) is 12.8. The molecule has 2 nitrogen and oxygen atoms in total. The van der Waals surface area contributed by atoms with Crippen LogP contribution in [0, 0.1) is 0 Å². The Morgan fingerprint density at radius 2 is 0.900 bits per heavy atom. The molecule has 0 aromatic carbocycles. The second kappa shape index (κ2) is 8.31. The predicted octanol–water partition coefficient (Wildman–Crippen LogP) is 5.06. The van der Waals surface area contributed by atoms with Crippen molar-refractivity contribution in [2.75, 3.05) is 6.67 Å². The van der Waals surface area contributed by atoms with E-state index in [4.69, 9.17) is 0 Å². The molecule has 0 aromatic rings. The zero-order valence-corrected chi connectivity index (χ0v) is 14.5. The first-order valence-corrected chi connectivity index (χ1v) is 8.63. The van der Waals surface area contributed by atoms with Crippen LogP contribution in [0.5, 0.6) is 0 Å². The van der Waals surface area contributed by atoms with Crippen molar-refractivity contribution in [2.45, 2.75) is 89.1 Å².